The first-order chi connectivity index (χ1) is 12.6. The number of carboxylic acid groups (broad SMARTS) is 1. The Labute approximate surface area is 154 Å². The summed E-state index contributed by atoms with van der Waals surface area (Å²) in [6, 6.07) is 0. The molecule has 0 bridgehead atoms. The van der Waals surface area contributed by atoms with Gasteiger partial charge < -0.3 is 19.6 Å². The van der Waals surface area contributed by atoms with Gasteiger partial charge >= 0.3 is 5.97 Å². The molecule has 2 saturated heterocycles. The van der Waals surface area contributed by atoms with Gasteiger partial charge in [-0.3, -0.25) is 19.3 Å². The molecule has 1 unspecified atom stereocenters. The van der Waals surface area contributed by atoms with E-state index in [1.807, 2.05) is 9.80 Å². The van der Waals surface area contributed by atoms with Gasteiger partial charge in [0, 0.05) is 39.3 Å². The monoisotopic (exact) mass is 367 g/mol. The highest BCUT2D eigenvalue weighted by molar-refractivity contribution is 5.97. The first-order valence-corrected chi connectivity index (χ1v) is 9.65. The molecule has 1 N–H and O–H groups in total. The summed E-state index contributed by atoms with van der Waals surface area (Å²) in [4.78, 5) is 42.2. The predicted octanol–water partition coefficient (Wildman–Crippen LogP) is -0.120. The number of aliphatic carboxylic acids is 1. The van der Waals surface area contributed by atoms with Gasteiger partial charge in [0.15, 0.2) is 0 Å². The summed E-state index contributed by atoms with van der Waals surface area (Å²) in [5.41, 5.74) is 0. The first kappa shape index (κ1) is 19.1. The van der Waals surface area contributed by atoms with E-state index in [9.17, 15) is 19.5 Å². The normalized spacial score (nSPS) is 23.8. The van der Waals surface area contributed by atoms with Crippen molar-refractivity contribution in [3.05, 3.63) is 0 Å². The number of ether oxygens (including phenoxy) is 1. The van der Waals surface area contributed by atoms with Crippen LogP contribution in [0.5, 0.6) is 0 Å². The van der Waals surface area contributed by atoms with Crippen LogP contribution < -0.4 is 0 Å². The Morgan fingerprint density at radius 3 is 2.12 bits per heavy atom. The van der Waals surface area contributed by atoms with Crippen molar-refractivity contribution >= 4 is 17.8 Å². The second kappa shape index (κ2) is 8.81. The van der Waals surface area contributed by atoms with Crippen molar-refractivity contribution in [3.63, 3.8) is 0 Å². The fraction of sp³-hybridized carbons (Fsp3) is 0.833. The fourth-order valence-corrected chi connectivity index (χ4v) is 4.23. The lowest BCUT2D eigenvalue weighted by Crippen LogP contribution is -2.54. The number of piperazine rings is 1. The summed E-state index contributed by atoms with van der Waals surface area (Å²) in [5, 5.41) is 9.53. The largest absolute Gasteiger partial charge is 0.481 e. The third kappa shape index (κ3) is 4.54. The Morgan fingerprint density at radius 1 is 0.923 bits per heavy atom. The van der Waals surface area contributed by atoms with E-state index in [-0.39, 0.29) is 17.7 Å². The molecule has 8 heteroatoms. The summed E-state index contributed by atoms with van der Waals surface area (Å²) < 4.78 is 5.26. The second-order valence-corrected chi connectivity index (χ2v) is 7.46. The van der Waals surface area contributed by atoms with Crippen LogP contribution in [0.1, 0.15) is 25.7 Å². The van der Waals surface area contributed by atoms with Crippen molar-refractivity contribution < 1.29 is 24.2 Å². The number of carbonyl (C=O) groups excluding carboxylic acids is 2. The van der Waals surface area contributed by atoms with Crippen molar-refractivity contribution in [1.82, 2.24) is 14.7 Å². The molecule has 1 atom stereocenters. The molecule has 0 aromatic carbocycles. The molecule has 2 aliphatic heterocycles. The number of carboxylic acids is 1. The number of nitrogens with zero attached hydrogens (tertiary/aromatic N) is 3. The van der Waals surface area contributed by atoms with Crippen LogP contribution in [0.3, 0.4) is 0 Å². The maximum atomic E-state index is 12.7. The van der Waals surface area contributed by atoms with Crippen LogP contribution in [0.2, 0.25) is 0 Å². The lowest BCUT2D eigenvalue weighted by atomic mass is 9.89. The molecular weight excluding hydrogens is 338 g/mol. The summed E-state index contributed by atoms with van der Waals surface area (Å²) >= 11 is 0. The van der Waals surface area contributed by atoms with Gasteiger partial charge in [0.2, 0.25) is 11.8 Å². The average Bonchev–Trinajstić information content (AvgIpc) is 3.17. The molecule has 1 saturated carbocycles. The number of rotatable bonds is 5. The minimum Gasteiger partial charge on any atom is -0.481 e. The van der Waals surface area contributed by atoms with E-state index < -0.39 is 11.9 Å². The maximum Gasteiger partial charge on any atom is 0.316 e. The van der Waals surface area contributed by atoms with E-state index >= 15 is 0 Å². The molecule has 3 fully saturated rings. The number of hydrogen-bond acceptors (Lipinski definition) is 5. The van der Waals surface area contributed by atoms with Gasteiger partial charge in [0.1, 0.15) is 5.92 Å². The van der Waals surface area contributed by atoms with Crippen molar-refractivity contribution in [2.45, 2.75) is 25.7 Å². The molecule has 1 aliphatic carbocycles. The smallest absolute Gasteiger partial charge is 0.316 e. The predicted molar refractivity (Wildman–Crippen MR) is 93.5 cm³/mol. The van der Waals surface area contributed by atoms with Gasteiger partial charge in [-0.2, -0.15) is 0 Å². The maximum absolute atomic E-state index is 12.7. The minimum absolute atomic E-state index is 0.0269. The Balaban J connectivity index is 1.48. The van der Waals surface area contributed by atoms with Crippen LogP contribution in [0.25, 0.3) is 0 Å². The van der Waals surface area contributed by atoms with E-state index in [1.165, 1.54) is 0 Å². The van der Waals surface area contributed by atoms with E-state index in [0.29, 0.717) is 59.0 Å². The Hall–Kier alpha value is -1.67. The lowest BCUT2D eigenvalue weighted by Gasteiger charge is -2.37. The van der Waals surface area contributed by atoms with Crippen molar-refractivity contribution in [3.8, 4) is 0 Å². The van der Waals surface area contributed by atoms with Gasteiger partial charge in [0.25, 0.3) is 0 Å². The zero-order valence-corrected chi connectivity index (χ0v) is 15.3. The van der Waals surface area contributed by atoms with Crippen LogP contribution in [0.15, 0.2) is 0 Å². The molecule has 3 aliphatic rings. The van der Waals surface area contributed by atoms with Crippen molar-refractivity contribution in [2.75, 3.05) is 59.0 Å². The number of morpholine rings is 1. The molecule has 0 spiro atoms. The quantitative estimate of drug-likeness (QED) is 0.682. The number of carbonyl (C=O) groups is 3. The molecule has 8 nitrogen and oxygen atoms in total. The molecular formula is C18H29N3O5. The molecule has 3 rings (SSSR count). The molecule has 2 heterocycles. The van der Waals surface area contributed by atoms with Crippen LogP contribution in [0, 0.1) is 11.8 Å². The number of hydrogen-bond donors (Lipinski definition) is 1. The van der Waals surface area contributed by atoms with E-state index in [0.717, 1.165) is 25.7 Å². The topological polar surface area (TPSA) is 90.4 Å². The zero-order chi connectivity index (χ0) is 18.5. The Bertz CT molecular complexity index is 521. The third-order valence-electron chi connectivity index (χ3n) is 5.81. The van der Waals surface area contributed by atoms with Gasteiger partial charge in [-0.25, -0.2) is 0 Å². The average molecular weight is 367 g/mol. The van der Waals surface area contributed by atoms with Gasteiger partial charge in [-0.05, 0) is 18.8 Å². The third-order valence-corrected chi connectivity index (χ3v) is 5.81. The highest BCUT2D eigenvalue weighted by Crippen LogP contribution is 2.32. The van der Waals surface area contributed by atoms with Crippen molar-refractivity contribution in [1.29, 1.82) is 0 Å². The molecule has 0 radical (unpaired) electrons. The fourth-order valence-electron chi connectivity index (χ4n) is 4.23. The Morgan fingerprint density at radius 2 is 1.54 bits per heavy atom. The van der Waals surface area contributed by atoms with Gasteiger partial charge in [-0.15, -0.1) is 0 Å². The van der Waals surface area contributed by atoms with E-state index in [4.69, 9.17) is 4.74 Å². The van der Waals surface area contributed by atoms with E-state index in [2.05, 4.69) is 0 Å². The summed E-state index contributed by atoms with van der Waals surface area (Å²) in [6.07, 6.45) is 3.69. The highest BCUT2D eigenvalue weighted by atomic mass is 16.5. The minimum atomic E-state index is -0.994. The highest BCUT2D eigenvalue weighted by Gasteiger charge is 2.39. The first-order valence-electron chi connectivity index (χ1n) is 9.65. The van der Waals surface area contributed by atoms with Crippen LogP contribution in [-0.2, 0) is 19.1 Å². The summed E-state index contributed by atoms with van der Waals surface area (Å²) in [6.45, 7) is 5.01. The van der Waals surface area contributed by atoms with Crippen molar-refractivity contribution in [2.24, 2.45) is 11.8 Å². The van der Waals surface area contributed by atoms with E-state index in [1.54, 1.807) is 4.90 Å². The van der Waals surface area contributed by atoms with Gasteiger partial charge in [-0.1, -0.05) is 12.8 Å². The molecule has 0 aromatic heterocycles. The standard InChI is InChI=1S/C18H29N3O5/c22-15(20-9-11-26-12-10-20)13-19-5-7-21(8-6-19)17(23)16(18(24)25)14-3-1-2-4-14/h14,16H,1-13H2,(H,24,25). The molecule has 2 amide bonds. The van der Waals surface area contributed by atoms with Crippen LogP contribution in [-0.4, -0.2) is 96.6 Å². The summed E-state index contributed by atoms with van der Waals surface area (Å²) in [7, 11) is 0. The molecule has 26 heavy (non-hydrogen) atoms. The zero-order valence-electron chi connectivity index (χ0n) is 15.3. The van der Waals surface area contributed by atoms with Crippen LogP contribution in [0.4, 0.5) is 0 Å². The summed E-state index contributed by atoms with van der Waals surface area (Å²) in [5.74, 6) is -2.07. The van der Waals surface area contributed by atoms with Crippen LogP contribution >= 0.6 is 0 Å². The lowest BCUT2D eigenvalue weighted by molar-refractivity contribution is -0.154. The molecule has 146 valence electrons. The molecule has 0 aromatic rings. The second-order valence-electron chi connectivity index (χ2n) is 7.46. The van der Waals surface area contributed by atoms with Gasteiger partial charge in [0.05, 0.1) is 19.8 Å². The SMILES string of the molecule is O=C(O)C(C(=O)N1CCN(CC(=O)N2CCOCC2)CC1)C1CCCC1. The number of amides is 2. The Kier molecular flexibility index (Phi) is 6.48.